The van der Waals surface area contributed by atoms with Gasteiger partial charge >= 0.3 is 10.2 Å². The SMILES string of the molecule is CC1Cc2ccccc2N1S(=O)(=O)N(C)C. The Bertz CT molecular complexity index is 496. The summed E-state index contributed by atoms with van der Waals surface area (Å²) in [6, 6.07) is 7.65. The summed E-state index contributed by atoms with van der Waals surface area (Å²) in [4.78, 5) is 0. The fraction of sp³-hybridized carbons (Fsp3) is 0.455. The fourth-order valence-electron chi connectivity index (χ4n) is 2.06. The van der Waals surface area contributed by atoms with Crippen molar-refractivity contribution in [2.75, 3.05) is 18.4 Å². The maximum Gasteiger partial charge on any atom is 0.303 e. The molecule has 0 spiro atoms. The van der Waals surface area contributed by atoms with Crippen LogP contribution in [0.15, 0.2) is 24.3 Å². The summed E-state index contributed by atoms with van der Waals surface area (Å²) < 4.78 is 27.1. The van der Waals surface area contributed by atoms with Gasteiger partial charge in [0.05, 0.1) is 5.69 Å². The molecule has 1 aromatic carbocycles. The van der Waals surface area contributed by atoms with E-state index in [1.54, 1.807) is 14.1 Å². The second-order valence-electron chi connectivity index (χ2n) is 4.27. The standard InChI is InChI=1S/C11H16N2O2S/c1-9-8-10-6-4-5-7-11(10)13(9)16(14,15)12(2)3/h4-7,9H,8H2,1-3H3. The van der Waals surface area contributed by atoms with Crippen LogP contribution < -0.4 is 4.31 Å². The topological polar surface area (TPSA) is 40.6 Å². The average molecular weight is 240 g/mol. The first-order chi connectivity index (χ1) is 7.44. The van der Waals surface area contributed by atoms with E-state index < -0.39 is 10.2 Å². The third kappa shape index (κ3) is 1.60. The molecule has 88 valence electrons. The number of hydrogen-bond donors (Lipinski definition) is 0. The van der Waals surface area contributed by atoms with E-state index in [1.165, 1.54) is 8.61 Å². The van der Waals surface area contributed by atoms with Gasteiger partial charge in [0.1, 0.15) is 0 Å². The molecule has 16 heavy (non-hydrogen) atoms. The Morgan fingerprint density at radius 3 is 2.56 bits per heavy atom. The van der Waals surface area contributed by atoms with Gasteiger partial charge in [-0.05, 0) is 25.0 Å². The van der Waals surface area contributed by atoms with Crippen molar-refractivity contribution in [2.24, 2.45) is 0 Å². The van der Waals surface area contributed by atoms with Crippen molar-refractivity contribution in [3.63, 3.8) is 0 Å². The van der Waals surface area contributed by atoms with E-state index in [0.29, 0.717) is 0 Å². The predicted molar refractivity (Wildman–Crippen MR) is 64.7 cm³/mol. The third-order valence-electron chi connectivity index (χ3n) is 2.85. The molecule has 2 rings (SSSR count). The van der Waals surface area contributed by atoms with E-state index in [0.717, 1.165) is 17.7 Å². The van der Waals surface area contributed by atoms with Crippen LogP contribution in [-0.2, 0) is 16.6 Å². The molecule has 0 saturated heterocycles. The van der Waals surface area contributed by atoms with Gasteiger partial charge in [-0.25, -0.2) is 0 Å². The molecule has 4 nitrogen and oxygen atoms in total. The van der Waals surface area contributed by atoms with Crippen LogP contribution in [0.3, 0.4) is 0 Å². The third-order valence-corrected chi connectivity index (χ3v) is 4.83. The monoisotopic (exact) mass is 240 g/mol. The molecule has 0 aliphatic carbocycles. The van der Waals surface area contributed by atoms with E-state index >= 15 is 0 Å². The van der Waals surface area contributed by atoms with Crippen molar-refractivity contribution >= 4 is 15.9 Å². The maximum absolute atomic E-state index is 12.2. The Balaban J connectivity index is 2.52. The fourth-order valence-corrected chi connectivity index (χ4v) is 3.37. The molecule has 0 saturated carbocycles. The summed E-state index contributed by atoms with van der Waals surface area (Å²) in [7, 11) is -0.256. The minimum Gasteiger partial charge on any atom is -0.254 e. The molecular formula is C11H16N2O2S. The zero-order valence-corrected chi connectivity index (χ0v) is 10.5. The van der Waals surface area contributed by atoms with E-state index in [4.69, 9.17) is 0 Å². The van der Waals surface area contributed by atoms with Crippen LogP contribution in [0.25, 0.3) is 0 Å². The maximum atomic E-state index is 12.2. The van der Waals surface area contributed by atoms with Crippen LogP contribution in [0, 0.1) is 0 Å². The van der Waals surface area contributed by atoms with Crippen LogP contribution >= 0.6 is 0 Å². The largest absolute Gasteiger partial charge is 0.303 e. The molecule has 0 bridgehead atoms. The molecule has 1 aromatic rings. The van der Waals surface area contributed by atoms with Crippen LogP contribution in [0.5, 0.6) is 0 Å². The second kappa shape index (κ2) is 3.75. The summed E-state index contributed by atoms with van der Waals surface area (Å²) in [5, 5.41) is 0. The summed E-state index contributed by atoms with van der Waals surface area (Å²) in [6.07, 6.45) is 0.781. The molecule has 1 heterocycles. The molecule has 0 amide bonds. The first kappa shape index (κ1) is 11.4. The molecule has 1 atom stereocenters. The highest BCUT2D eigenvalue weighted by Crippen LogP contribution is 2.34. The van der Waals surface area contributed by atoms with Gasteiger partial charge in [0.25, 0.3) is 0 Å². The highest BCUT2D eigenvalue weighted by atomic mass is 32.2. The average Bonchev–Trinajstić information content (AvgIpc) is 2.53. The lowest BCUT2D eigenvalue weighted by molar-refractivity contribution is 0.510. The number of rotatable bonds is 2. The minimum atomic E-state index is -3.37. The number of fused-ring (bicyclic) bond motifs is 1. The van der Waals surface area contributed by atoms with E-state index in [1.807, 2.05) is 31.2 Å². The molecule has 0 fully saturated rings. The van der Waals surface area contributed by atoms with E-state index in [-0.39, 0.29) is 6.04 Å². The lowest BCUT2D eigenvalue weighted by Gasteiger charge is -2.27. The lowest BCUT2D eigenvalue weighted by atomic mass is 10.1. The molecule has 1 aliphatic rings. The predicted octanol–water partition coefficient (Wildman–Crippen LogP) is 1.24. The van der Waals surface area contributed by atoms with Gasteiger partial charge in [-0.3, -0.25) is 4.31 Å². The first-order valence-electron chi connectivity index (χ1n) is 5.24. The summed E-state index contributed by atoms with van der Waals surface area (Å²) in [5.41, 5.74) is 1.91. The Morgan fingerprint density at radius 1 is 1.31 bits per heavy atom. The van der Waals surface area contributed by atoms with E-state index in [9.17, 15) is 8.42 Å². The van der Waals surface area contributed by atoms with Gasteiger partial charge in [-0.2, -0.15) is 12.7 Å². The second-order valence-corrected chi connectivity index (χ2v) is 6.29. The van der Waals surface area contributed by atoms with Crippen LogP contribution in [-0.4, -0.2) is 32.9 Å². The zero-order valence-electron chi connectivity index (χ0n) is 9.71. The van der Waals surface area contributed by atoms with Crippen LogP contribution in [0.2, 0.25) is 0 Å². The first-order valence-corrected chi connectivity index (χ1v) is 6.64. The van der Waals surface area contributed by atoms with Gasteiger partial charge in [0.15, 0.2) is 0 Å². The number of benzene rings is 1. The molecule has 0 radical (unpaired) electrons. The van der Waals surface area contributed by atoms with Gasteiger partial charge in [0, 0.05) is 20.1 Å². The minimum absolute atomic E-state index is 0.00944. The van der Waals surface area contributed by atoms with Gasteiger partial charge in [-0.1, -0.05) is 18.2 Å². The van der Waals surface area contributed by atoms with Crippen LogP contribution in [0.4, 0.5) is 5.69 Å². The quantitative estimate of drug-likeness (QED) is 0.780. The molecule has 0 N–H and O–H groups in total. The molecular weight excluding hydrogens is 224 g/mol. The highest BCUT2D eigenvalue weighted by Gasteiger charge is 2.35. The molecule has 1 unspecified atom stereocenters. The number of hydrogen-bond acceptors (Lipinski definition) is 2. The van der Waals surface area contributed by atoms with Crippen molar-refractivity contribution in [1.29, 1.82) is 0 Å². The van der Waals surface area contributed by atoms with Gasteiger partial charge in [-0.15, -0.1) is 0 Å². The summed E-state index contributed by atoms with van der Waals surface area (Å²) in [5.74, 6) is 0. The lowest BCUT2D eigenvalue weighted by Crippen LogP contribution is -2.43. The summed E-state index contributed by atoms with van der Waals surface area (Å²) >= 11 is 0. The highest BCUT2D eigenvalue weighted by molar-refractivity contribution is 7.90. The normalized spacial score (nSPS) is 20.2. The molecule has 1 aliphatic heterocycles. The van der Waals surface area contributed by atoms with Crippen molar-refractivity contribution in [3.8, 4) is 0 Å². The molecule has 0 aromatic heterocycles. The zero-order chi connectivity index (χ0) is 11.9. The van der Waals surface area contributed by atoms with Crippen molar-refractivity contribution in [2.45, 2.75) is 19.4 Å². The Labute approximate surface area is 96.7 Å². The van der Waals surface area contributed by atoms with Crippen molar-refractivity contribution in [1.82, 2.24) is 4.31 Å². The molecule has 5 heteroatoms. The van der Waals surface area contributed by atoms with Gasteiger partial charge in [0.2, 0.25) is 0 Å². The smallest absolute Gasteiger partial charge is 0.254 e. The van der Waals surface area contributed by atoms with Gasteiger partial charge < -0.3 is 0 Å². The Hall–Kier alpha value is -1.07. The van der Waals surface area contributed by atoms with Crippen molar-refractivity contribution < 1.29 is 8.42 Å². The number of anilines is 1. The van der Waals surface area contributed by atoms with E-state index in [2.05, 4.69) is 0 Å². The Kier molecular flexibility index (Phi) is 2.67. The summed E-state index contributed by atoms with van der Waals surface area (Å²) in [6.45, 7) is 1.93. The number of para-hydroxylation sites is 1. The van der Waals surface area contributed by atoms with Crippen LogP contribution in [0.1, 0.15) is 12.5 Å². The van der Waals surface area contributed by atoms with Crippen molar-refractivity contribution in [3.05, 3.63) is 29.8 Å². The Morgan fingerprint density at radius 2 is 1.94 bits per heavy atom. The number of nitrogens with zero attached hydrogens (tertiary/aromatic N) is 2.